The van der Waals surface area contributed by atoms with Crippen LogP contribution in [0.3, 0.4) is 0 Å². The molecule has 0 aliphatic carbocycles. The standard InChI is InChI=1S/C12H11Cl2NO4S/c13-9-1-2-10(14)12(5-9)20(17,18)15-6-11(16)8-3-4-19-7-8/h1-5,7,11,15-16H,6H2/t11-/m0/s1. The Kier molecular flexibility index (Phi) is 4.72. The van der Waals surface area contributed by atoms with Gasteiger partial charge in [-0.3, -0.25) is 0 Å². The Morgan fingerprint density at radius 2 is 2.05 bits per heavy atom. The molecular formula is C12H11Cl2NO4S. The first-order valence-electron chi connectivity index (χ1n) is 5.55. The fourth-order valence-corrected chi connectivity index (χ4v) is 3.33. The zero-order chi connectivity index (χ0) is 14.8. The van der Waals surface area contributed by atoms with Crippen molar-refractivity contribution >= 4 is 33.2 Å². The van der Waals surface area contributed by atoms with Crippen molar-refractivity contribution in [2.45, 2.75) is 11.0 Å². The second-order valence-electron chi connectivity index (χ2n) is 4.00. The van der Waals surface area contributed by atoms with Gasteiger partial charge in [-0.25, -0.2) is 13.1 Å². The van der Waals surface area contributed by atoms with Crippen molar-refractivity contribution in [3.8, 4) is 0 Å². The fraction of sp³-hybridized carbons (Fsp3) is 0.167. The van der Waals surface area contributed by atoms with Crippen molar-refractivity contribution in [3.63, 3.8) is 0 Å². The highest BCUT2D eigenvalue weighted by Gasteiger charge is 2.20. The monoisotopic (exact) mass is 335 g/mol. The molecule has 1 atom stereocenters. The maximum Gasteiger partial charge on any atom is 0.242 e. The van der Waals surface area contributed by atoms with Gasteiger partial charge in [0.2, 0.25) is 10.0 Å². The number of aliphatic hydroxyl groups excluding tert-OH is 1. The lowest BCUT2D eigenvalue weighted by Gasteiger charge is -2.12. The van der Waals surface area contributed by atoms with Crippen molar-refractivity contribution < 1.29 is 17.9 Å². The number of halogens is 2. The fourth-order valence-electron chi connectivity index (χ4n) is 1.53. The van der Waals surface area contributed by atoms with Gasteiger partial charge in [-0.2, -0.15) is 0 Å². The molecule has 5 nitrogen and oxygen atoms in total. The Morgan fingerprint density at radius 3 is 2.70 bits per heavy atom. The summed E-state index contributed by atoms with van der Waals surface area (Å²) in [7, 11) is -3.86. The quantitative estimate of drug-likeness (QED) is 0.880. The van der Waals surface area contributed by atoms with E-state index in [4.69, 9.17) is 27.6 Å². The molecule has 1 aromatic carbocycles. The van der Waals surface area contributed by atoms with Gasteiger partial charge in [0.1, 0.15) is 4.90 Å². The number of sulfonamides is 1. The summed E-state index contributed by atoms with van der Waals surface area (Å²) in [4.78, 5) is -0.133. The van der Waals surface area contributed by atoms with Gasteiger partial charge in [0.25, 0.3) is 0 Å². The summed E-state index contributed by atoms with van der Waals surface area (Å²) in [6.07, 6.45) is 1.72. The van der Waals surface area contributed by atoms with E-state index < -0.39 is 16.1 Å². The molecule has 0 saturated carbocycles. The highest BCUT2D eigenvalue weighted by Crippen LogP contribution is 2.25. The van der Waals surface area contributed by atoms with Gasteiger partial charge < -0.3 is 9.52 Å². The summed E-state index contributed by atoms with van der Waals surface area (Å²) in [5.74, 6) is 0. The van der Waals surface area contributed by atoms with Gasteiger partial charge in [0.15, 0.2) is 0 Å². The van der Waals surface area contributed by atoms with E-state index >= 15 is 0 Å². The predicted octanol–water partition coefficient (Wildman–Crippen LogP) is 2.60. The maximum absolute atomic E-state index is 12.1. The van der Waals surface area contributed by atoms with Crippen LogP contribution in [0.25, 0.3) is 0 Å². The lowest BCUT2D eigenvalue weighted by Crippen LogP contribution is -2.28. The van der Waals surface area contributed by atoms with Gasteiger partial charge in [-0.15, -0.1) is 0 Å². The predicted molar refractivity (Wildman–Crippen MR) is 75.3 cm³/mol. The molecule has 20 heavy (non-hydrogen) atoms. The molecule has 0 radical (unpaired) electrons. The number of aliphatic hydroxyl groups is 1. The molecule has 108 valence electrons. The molecule has 2 rings (SSSR count). The molecule has 0 spiro atoms. The van der Waals surface area contributed by atoms with E-state index in [1.807, 2.05) is 0 Å². The summed E-state index contributed by atoms with van der Waals surface area (Å²) >= 11 is 11.6. The van der Waals surface area contributed by atoms with Crippen LogP contribution in [0, 0.1) is 0 Å². The number of benzene rings is 1. The van der Waals surface area contributed by atoms with E-state index in [-0.39, 0.29) is 21.5 Å². The first-order valence-corrected chi connectivity index (χ1v) is 7.79. The third-order valence-electron chi connectivity index (χ3n) is 2.58. The summed E-state index contributed by atoms with van der Waals surface area (Å²) in [6, 6.07) is 5.68. The van der Waals surface area contributed by atoms with Crippen molar-refractivity contribution in [2.24, 2.45) is 0 Å². The maximum atomic E-state index is 12.1. The molecule has 8 heteroatoms. The first-order chi connectivity index (χ1) is 9.40. The Balaban J connectivity index is 2.13. The van der Waals surface area contributed by atoms with Crippen LogP contribution in [-0.2, 0) is 10.0 Å². The van der Waals surface area contributed by atoms with Crippen LogP contribution in [0.2, 0.25) is 10.0 Å². The average molecular weight is 336 g/mol. The highest BCUT2D eigenvalue weighted by molar-refractivity contribution is 7.89. The van der Waals surface area contributed by atoms with E-state index in [1.165, 1.54) is 30.7 Å². The molecule has 0 amide bonds. The molecule has 0 aliphatic heterocycles. The van der Waals surface area contributed by atoms with E-state index in [1.54, 1.807) is 6.07 Å². The minimum absolute atomic E-state index is 0.0553. The third-order valence-corrected chi connectivity index (χ3v) is 4.72. The van der Waals surface area contributed by atoms with Crippen LogP contribution < -0.4 is 4.72 Å². The second kappa shape index (κ2) is 6.15. The van der Waals surface area contributed by atoms with Crippen LogP contribution in [0.4, 0.5) is 0 Å². The van der Waals surface area contributed by atoms with Gasteiger partial charge in [0.05, 0.1) is 23.7 Å². The normalized spacial score (nSPS) is 13.3. The molecule has 0 saturated heterocycles. The SMILES string of the molecule is O=S(=O)(NC[C@H](O)c1ccoc1)c1cc(Cl)ccc1Cl. The van der Waals surface area contributed by atoms with Crippen molar-refractivity contribution in [1.82, 2.24) is 4.72 Å². The Bertz CT molecular complexity index is 685. The Morgan fingerprint density at radius 1 is 1.30 bits per heavy atom. The third kappa shape index (κ3) is 3.53. The van der Waals surface area contributed by atoms with Gasteiger partial charge in [-0.1, -0.05) is 23.2 Å². The smallest absolute Gasteiger partial charge is 0.242 e. The minimum Gasteiger partial charge on any atom is -0.472 e. The minimum atomic E-state index is -3.86. The van der Waals surface area contributed by atoms with Gasteiger partial charge in [-0.05, 0) is 24.3 Å². The van der Waals surface area contributed by atoms with Crippen molar-refractivity contribution in [1.29, 1.82) is 0 Å². The molecule has 0 fully saturated rings. The summed E-state index contributed by atoms with van der Waals surface area (Å²) < 4.78 is 31.3. The molecule has 0 unspecified atom stereocenters. The highest BCUT2D eigenvalue weighted by atomic mass is 35.5. The number of hydrogen-bond acceptors (Lipinski definition) is 4. The lowest BCUT2D eigenvalue weighted by molar-refractivity contribution is 0.181. The van der Waals surface area contributed by atoms with Crippen LogP contribution in [0.5, 0.6) is 0 Å². The molecule has 1 heterocycles. The number of hydrogen-bond donors (Lipinski definition) is 2. The zero-order valence-corrected chi connectivity index (χ0v) is 12.4. The molecule has 0 bridgehead atoms. The van der Waals surface area contributed by atoms with Crippen LogP contribution in [0.15, 0.2) is 46.1 Å². The topological polar surface area (TPSA) is 79.5 Å². The van der Waals surface area contributed by atoms with Crippen LogP contribution >= 0.6 is 23.2 Å². The van der Waals surface area contributed by atoms with Crippen LogP contribution in [-0.4, -0.2) is 20.1 Å². The Labute approximate surface area is 126 Å². The van der Waals surface area contributed by atoms with E-state index in [9.17, 15) is 13.5 Å². The largest absolute Gasteiger partial charge is 0.472 e. The number of nitrogens with one attached hydrogen (secondary N) is 1. The first kappa shape index (κ1) is 15.3. The molecule has 2 N–H and O–H groups in total. The van der Waals surface area contributed by atoms with Gasteiger partial charge in [0, 0.05) is 17.1 Å². The number of furan rings is 1. The Hall–Kier alpha value is -1.05. The van der Waals surface area contributed by atoms with Crippen molar-refractivity contribution in [3.05, 3.63) is 52.4 Å². The van der Waals surface area contributed by atoms with Gasteiger partial charge >= 0.3 is 0 Å². The van der Waals surface area contributed by atoms with E-state index in [0.29, 0.717) is 5.56 Å². The summed E-state index contributed by atoms with van der Waals surface area (Å²) in [5, 5.41) is 10.1. The molecule has 1 aromatic heterocycles. The second-order valence-corrected chi connectivity index (χ2v) is 6.58. The van der Waals surface area contributed by atoms with E-state index in [2.05, 4.69) is 4.72 Å². The van der Waals surface area contributed by atoms with Crippen molar-refractivity contribution in [2.75, 3.05) is 6.54 Å². The molecular weight excluding hydrogens is 325 g/mol. The average Bonchev–Trinajstić information content (AvgIpc) is 2.93. The molecule has 0 aliphatic rings. The number of rotatable bonds is 5. The molecule has 2 aromatic rings. The zero-order valence-electron chi connectivity index (χ0n) is 10.1. The summed E-state index contributed by atoms with van der Waals surface area (Å²) in [6.45, 7) is -0.204. The van der Waals surface area contributed by atoms with Crippen LogP contribution in [0.1, 0.15) is 11.7 Å². The van der Waals surface area contributed by atoms with E-state index in [0.717, 1.165) is 0 Å². The lowest BCUT2D eigenvalue weighted by atomic mass is 10.2. The summed E-state index contributed by atoms with van der Waals surface area (Å²) in [5.41, 5.74) is 0.477.